The summed E-state index contributed by atoms with van der Waals surface area (Å²) in [6, 6.07) is 14.8. The van der Waals surface area contributed by atoms with E-state index in [1.807, 2.05) is 48.5 Å². The quantitative estimate of drug-likeness (QED) is 0.471. The first-order valence-electron chi connectivity index (χ1n) is 7.75. The highest BCUT2D eigenvalue weighted by Crippen LogP contribution is 2.27. The Balaban J connectivity index is 2.27. The first kappa shape index (κ1) is 18.0. The molecule has 0 bridgehead atoms. The third-order valence-electron chi connectivity index (χ3n) is 3.59. The van der Waals surface area contributed by atoms with Crippen LogP contribution in [0.1, 0.15) is 30.9 Å². The molecule has 0 spiro atoms. The second-order valence-electron chi connectivity index (χ2n) is 5.57. The molecule has 7 heteroatoms. The van der Waals surface area contributed by atoms with Gasteiger partial charge in [0.2, 0.25) is 11.8 Å². The number of rotatable bonds is 6. The van der Waals surface area contributed by atoms with Gasteiger partial charge in [0.05, 0.1) is 0 Å². The van der Waals surface area contributed by atoms with Gasteiger partial charge in [-0.25, -0.2) is 0 Å². The van der Waals surface area contributed by atoms with Gasteiger partial charge >= 0.3 is 0 Å². The van der Waals surface area contributed by atoms with Crippen LogP contribution in [0.25, 0.3) is 10.4 Å². The van der Waals surface area contributed by atoms with E-state index in [2.05, 4.69) is 20.7 Å². The molecule has 2 aromatic rings. The van der Waals surface area contributed by atoms with Crippen molar-refractivity contribution in [3.05, 3.63) is 70.1 Å². The van der Waals surface area contributed by atoms with Gasteiger partial charge in [-0.1, -0.05) is 29.4 Å². The minimum Gasteiger partial charge on any atom is -0.326 e. The molecule has 0 heterocycles. The van der Waals surface area contributed by atoms with Gasteiger partial charge in [0, 0.05) is 42.6 Å². The van der Waals surface area contributed by atoms with Gasteiger partial charge in [-0.3, -0.25) is 9.59 Å². The molecule has 0 saturated carbocycles. The Bertz CT molecular complexity index is 734. The fourth-order valence-corrected chi connectivity index (χ4v) is 2.53. The zero-order valence-corrected chi connectivity index (χ0v) is 14.1. The van der Waals surface area contributed by atoms with Crippen LogP contribution < -0.4 is 10.6 Å². The van der Waals surface area contributed by atoms with Crippen molar-refractivity contribution in [1.29, 1.82) is 0 Å². The molecule has 0 aromatic heterocycles. The highest BCUT2D eigenvalue weighted by Gasteiger charge is 2.14. The molecule has 0 aliphatic carbocycles. The summed E-state index contributed by atoms with van der Waals surface area (Å²) in [5.74, 6) is -0.382. The molecule has 0 fully saturated rings. The Labute approximate surface area is 145 Å². The van der Waals surface area contributed by atoms with Crippen LogP contribution >= 0.6 is 0 Å². The summed E-state index contributed by atoms with van der Waals surface area (Å²) in [4.78, 5) is 25.1. The third-order valence-corrected chi connectivity index (χ3v) is 3.59. The van der Waals surface area contributed by atoms with Gasteiger partial charge in [-0.15, -0.1) is 0 Å². The Hall–Kier alpha value is -3.31. The summed E-state index contributed by atoms with van der Waals surface area (Å²) >= 11 is 0. The number of nitrogens with zero attached hydrogens (tertiary/aromatic N) is 3. The molecule has 0 aliphatic heterocycles. The van der Waals surface area contributed by atoms with Gasteiger partial charge in [0.15, 0.2) is 0 Å². The van der Waals surface area contributed by atoms with Crippen LogP contribution in [-0.2, 0) is 9.59 Å². The third kappa shape index (κ3) is 5.37. The Kier molecular flexibility index (Phi) is 6.14. The fraction of sp³-hybridized carbons (Fsp3) is 0.222. The molecule has 7 nitrogen and oxygen atoms in total. The molecular formula is C18H19N5O2. The fourth-order valence-electron chi connectivity index (χ4n) is 2.53. The predicted molar refractivity (Wildman–Crippen MR) is 97.3 cm³/mol. The highest BCUT2D eigenvalue weighted by atomic mass is 16.2. The minimum absolute atomic E-state index is 0.117. The Morgan fingerprint density at radius 3 is 1.64 bits per heavy atom. The Morgan fingerprint density at radius 1 is 0.920 bits per heavy atom. The van der Waals surface area contributed by atoms with Gasteiger partial charge in [0.1, 0.15) is 0 Å². The average Bonchev–Trinajstić information content (AvgIpc) is 2.57. The summed E-state index contributed by atoms with van der Waals surface area (Å²) in [7, 11) is 0. The molecule has 2 N–H and O–H groups in total. The maximum Gasteiger partial charge on any atom is 0.221 e. The molecule has 25 heavy (non-hydrogen) atoms. The largest absolute Gasteiger partial charge is 0.326 e. The van der Waals surface area contributed by atoms with Gasteiger partial charge < -0.3 is 10.6 Å². The highest BCUT2D eigenvalue weighted by molar-refractivity contribution is 5.89. The van der Waals surface area contributed by atoms with Crippen LogP contribution in [0.2, 0.25) is 0 Å². The lowest BCUT2D eigenvalue weighted by Gasteiger charge is -2.17. The van der Waals surface area contributed by atoms with Gasteiger partial charge in [-0.2, -0.15) is 0 Å². The van der Waals surface area contributed by atoms with Crippen LogP contribution in [0.4, 0.5) is 11.4 Å². The molecule has 2 aromatic carbocycles. The molecule has 0 atom stereocenters. The number of amides is 2. The topological polar surface area (TPSA) is 107 Å². The molecule has 0 saturated heterocycles. The lowest BCUT2D eigenvalue weighted by atomic mass is 9.91. The smallest absolute Gasteiger partial charge is 0.221 e. The van der Waals surface area contributed by atoms with Crippen LogP contribution in [-0.4, -0.2) is 18.4 Å². The zero-order chi connectivity index (χ0) is 18.2. The van der Waals surface area contributed by atoms with E-state index >= 15 is 0 Å². The van der Waals surface area contributed by atoms with Crippen molar-refractivity contribution in [1.82, 2.24) is 0 Å². The second kappa shape index (κ2) is 8.52. The van der Waals surface area contributed by atoms with Crippen LogP contribution in [0.5, 0.6) is 0 Å². The normalized spacial score (nSPS) is 10.0. The number of azide groups is 1. The number of benzene rings is 2. The monoisotopic (exact) mass is 337 g/mol. The van der Waals surface area contributed by atoms with Gasteiger partial charge in [0.25, 0.3) is 0 Å². The van der Waals surface area contributed by atoms with Crippen LogP contribution in [0, 0.1) is 0 Å². The lowest BCUT2D eigenvalue weighted by Crippen LogP contribution is -2.08. The van der Waals surface area contributed by atoms with Gasteiger partial charge in [-0.05, 0) is 40.9 Å². The Morgan fingerprint density at radius 2 is 1.32 bits per heavy atom. The molecule has 2 rings (SSSR count). The summed E-state index contributed by atoms with van der Waals surface area (Å²) in [5.41, 5.74) is 12.0. The average molecular weight is 337 g/mol. The van der Waals surface area contributed by atoms with Crippen molar-refractivity contribution in [2.24, 2.45) is 5.11 Å². The summed E-state index contributed by atoms with van der Waals surface area (Å²) in [5, 5.41) is 9.14. The summed E-state index contributed by atoms with van der Waals surface area (Å²) in [6.45, 7) is 3.18. The van der Waals surface area contributed by atoms with Crippen molar-refractivity contribution < 1.29 is 9.59 Å². The number of hydrogen-bond donors (Lipinski definition) is 2. The number of carbonyl (C=O) groups excluding carboxylic acids is 2. The maximum atomic E-state index is 11.1. The van der Waals surface area contributed by atoms with Crippen molar-refractivity contribution in [3.63, 3.8) is 0 Å². The molecule has 0 radical (unpaired) electrons. The van der Waals surface area contributed by atoms with E-state index in [9.17, 15) is 9.59 Å². The lowest BCUT2D eigenvalue weighted by molar-refractivity contribution is -0.115. The number of nitrogens with one attached hydrogen (secondary N) is 2. The zero-order valence-electron chi connectivity index (χ0n) is 14.1. The number of hydrogen-bond acceptors (Lipinski definition) is 3. The molecule has 0 aliphatic rings. The van der Waals surface area contributed by atoms with E-state index in [1.165, 1.54) is 13.8 Å². The molecule has 0 unspecified atom stereocenters. The standard InChI is InChI=1S/C18H19N5O2/c1-12(24)21-16-7-3-14(4-8-16)18(11-20-23-19)15-5-9-17(10-6-15)22-13(2)25/h3-10,18H,11H2,1-2H3,(H,21,24)(H,22,25). The van der Waals surface area contributed by atoms with Crippen molar-refractivity contribution in [2.75, 3.05) is 17.2 Å². The maximum absolute atomic E-state index is 11.1. The van der Waals surface area contributed by atoms with Crippen molar-refractivity contribution >= 4 is 23.2 Å². The summed E-state index contributed by atoms with van der Waals surface area (Å²) < 4.78 is 0. The van der Waals surface area contributed by atoms with E-state index in [-0.39, 0.29) is 24.3 Å². The minimum atomic E-state index is -0.132. The first-order chi connectivity index (χ1) is 12.0. The van der Waals surface area contributed by atoms with E-state index < -0.39 is 0 Å². The first-order valence-corrected chi connectivity index (χ1v) is 7.75. The summed E-state index contributed by atoms with van der Waals surface area (Å²) in [6.07, 6.45) is 0. The van der Waals surface area contributed by atoms with Crippen LogP contribution in [0.3, 0.4) is 0 Å². The SMILES string of the molecule is CC(=O)Nc1ccc(C(CN=[N+]=[N-])c2ccc(NC(C)=O)cc2)cc1. The van der Waals surface area contributed by atoms with E-state index in [0.29, 0.717) is 11.4 Å². The molecule has 128 valence electrons. The predicted octanol–water partition coefficient (Wildman–Crippen LogP) is 4.05. The second-order valence-corrected chi connectivity index (χ2v) is 5.57. The van der Waals surface area contributed by atoms with Crippen molar-refractivity contribution in [2.45, 2.75) is 19.8 Å². The number of carbonyl (C=O) groups is 2. The molecular weight excluding hydrogens is 318 g/mol. The van der Waals surface area contributed by atoms with E-state index in [1.54, 1.807) is 0 Å². The van der Waals surface area contributed by atoms with E-state index in [4.69, 9.17) is 5.53 Å². The van der Waals surface area contributed by atoms with E-state index in [0.717, 1.165) is 11.1 Å². The molecule has 2 amide bonds. The number of anilines is 2. The van der Waals surface area contributed by atoms with Crippen molar-refractivity contribution in [3.8, 4) is 0 Å². The van der Waals surface area contributed by atoms with Crippen LogP contribution in [0.15, 0.2) is 53.6 Å².